The number of carboxylic acid groups (broad SMARTS) is 1. The van der Waals surface area contributed by atoms with Gasteiger partial charge in [-0.1, -0.05) is 0 Å². The molecule has 0 unspecified atom stereocenters. The van der Waals surface area contributed by atoms with Crippen LogP contribution >= 0.6 is 0 Å². The molecular weight excluding hydrogens is 263 g/mol. The summed E-state index contributed by atoms with van der Waals surface area (Å²) in [6.07, 6.45) is 1.40. The third-order valence-electron chi connectivity index (χ3n) is 2.77. The Bertz CT molecular complexity index is 748. The fourth-order valence-corrected chi connectivity index (χ4v) is 2.11. The number of aliphatic carboxylic acids is 1. The van der Waals surface area contributed by atoms with Crippen molar-refractivity contribution < 1.29 is 44.3 Å². The number of amides is 1. The van der Waals surface area contributed by atoms with Gasteiger partial charge in [-0.15, -0.1) is 0 Å². The molecule has 2 aromatic rings. The number of carboxylic acids is 1. The molecule has 1 amide bonds. The van der Waals surface area contributed by atoms with Gasteiger partial charge in [-0.2, -0.15) is 0 Å². The van der Waals surface area contributed by atoms with Gasteiger partial charge in [0.25, 0.3) is 0 Å². The zero-order valence-corrected chi connectivity index (χ0v) is 12.0. The molecule has 0 spiro atoms. The Kier molecular flexibility index (Phi) is 3.48. The van der Waals surface area contributed by atoms with Crippen LogP contribution in [0.5, 0.6) is 0 Å². The third kappa shape index (κ3) is 2.07. The maximum Gasteiger partial charge on any atom is 1.00 e. The minimum Gasteiger partial charge on any atom is -0.548 e. The van der Waals surface area contributed by atoms with Crippen molar-refractivity contribution in [1.29, 1.82) is 0 Å². The molecule has 0 radical (unpaired) electrons. The van der Waals surface area contributed by atoms with Crippen molar-refractivity contribution in [2.45, 2.75) is 13.1 Å². The van der Waals surface area contributed by atoms with Crippen LogP contribution in [0.2, 0.25) is 0 Å². The number of anilines is 1. The van der Waals surface area contributed by atoms with Gasteiger partial charge in [0.05, 0.1) is 18.0 Å². The SMILES string of the molecule is O=C([O-])Cn1c(=O)n2c3c(nccc31)NC(=O)C2.[Na+]. The van der Waals surface area contributed by atoms with Gasteiger partial charge in [0, 0.05) is 6.20 Å². The average molecular weight is 270 g/mol. The second-order valence-electron chi connectivity index (χ2n) is 3.90. The van der Waals surface area contributed by atoms with E-state index in [-0.39, 0.29) is 47.8 Å². The van der Waals surface area contributed by atoms with Crippen molar-refractivity contribution in [2.24, 2.45) is 0 Å². The van der Waals surface area contributed by atoms with E-state index < -0.39 is 18.2 Å². The summed E-state index contributed by atoms with van der Waals surface area (Å²) in [5.41, 5.74) is 0.288. The Hall–Kier alpha value is -1.64. The summed E-state index contributed by atoms with van der Waals surface area (Å²) in [7, 11) is 0. The summed E-state index contributed by atoms with van der Waals surface area (Å²) in [4.78, 5) is 38.0. The molecule has 0 saturated carbocycles. The van der Waals surface area contributed by atoms with Crippen molar-refractivity contribution in [3.63, 3.8) is 0 Å². The fourth-order valence-electron chi connectivity index (χ4n) is 2.11. The quantitative estimate of drug-likeness (QED) is 0.549. The number of nitrogens with zero attached hydrogens (tertiary/aromatic N) is 3. The maximum absolute atomic E-state index is 12.0. The van der Waals surface area contributed by atoms with E-state index in [1.54, 1.807) is 0 Å². The van der Waals surface area contributed by atoms with Gasteiger partial charge >= 0.3 is 35.2 Å². The second-order valence-corrected chi connectivity index (χ2v) is 3.90. The van der Waals surface area contributed by atoms with Gasteiger partial charge in [0.15, 0.2) is 5.82 Å². The monoisotopic (exact) mass is 270 g/mol. The first-order chi connectivity index (χ1) is 8.58. The number of hydrogen-bond acceptors (Lipinski definition) is 5. The summed E-state index contributed by atoms with van der Waals surface area (Å²) in [6.45, 7) is -0.700. The van der Waals surface area contributed by atoms with E-state index >= 15 is 0 Å². The molecule has 92 valence electrons. The molecular formula is C10H7N4NaO4. The number of nitrogens with one attached hydrogen (secondary N) is 1. The molecule has 1 N–H and O–H groups in total. The third-order valence-corrected chi connectivity index (χ3v) is 2.77. The van der Waals surface area contributed by atoms with E-state index in [4.69, 9.17) is 0 Å². The van der Waals surface area contributed by atoms with Crippen LogP contribution in [0.4, 0.5) is 5.82 Å². The first-order valence-electron chi connectivity index (χ1n) is 5.15. The standard InChI is InChI=1S/C10H8N4O4.Na/c15-6-3-14-8-5(1-2-11-9(8)12-6)13(10(14)18)4-7(16)17;/h1-2H,3-4H2,(H,16,17)(H,11,12,15);/q;+1/p-1. The molecule has 3 heterocycles. The molecule has 9 heteroatoms. The summed E-state index contributed by atoms with van der Waals surface area (Å²) in [5.74, 6) is -1.47. The molecule has 0 saturated heterocycles. The molecule has 0 atom stereocenters. The van der Waals surface area contributed by atoms with Crippen LogP contribution in [0.25, 0.3) is 11.0 Å². The number of imidazole rings is 1. The van der Waals surface area contributed by atoms with Crippen molar-refractivity contribution >= 4 is 28.7 Å². The van der Waals surface area contributed by atoms with E-state index in [9.17, 15) is 19.5 Å². The van der Waals surface area contributed by atoms with Gasteiger partial charge in [-0.3, -0.25) is 13.9 Å². The number of carbonyl (C=O) groups is 2. The Labute approximate surface area is 128 Å². The van der Waals surface area contributed by atoms with Gasteiger partial charge in [0.1, 0.15) is 12.1 Å². The van der Waals surface area contributed by atoms with Crippen LogP contribution in [-0.4, -0.2) is 26.0 Å². The summed E-state index contributed by atoms with van der Waals surface area (Å²) < 4.78 is 2.26. The molecule has 1 aliphatic rings. The fraction of sp³-hybridized carbons (Fsp3) is 0.200. The van der Waals surface area contributed by atoms with E-state index in [0.29, 0.717) is 11.0 Å². The van der Waals surface area contributed by atoms with E-state index in [1.807, 2.05) is 0 Å². The zero-order valence-electron chi connectivity index (χ0n) is 10.0. The van der Waals surface area contributed by atoms with Crippen LogP contribution in [0.15, 0.2) is 17.1 Å². The number of hydrogen-bond donors (Lipinski definition) is 1. The Morgan fingerprint density at radius 3 is 2.89 bits per heavy atom. The van der Waals surface area contributed by atoms with Gasteiger partial charge < -0.3 is 15.2 Å². The minimum absolute atomic E-state index is 0. The number of rotatable bonds is 2. The first kappa shape index (κ1) is 13.8. The molecule has 8 nitrogen and oxygen atoms in total. The molecule has 0 bridgehead atoms. The van der Waals surface area contributed by atoms with Crippen molar-refractivity contribution in [3.8, 4) is 0 Å². The van der Waals surface area contributed by atoms with Gasteiger partial charge in [-0.05, 0) is 6.07 Å². The predicted molar refractivity (Wildman–Crippen MR) is 57.6 cm³/mol. The minimum atomic E-state index is -1.37. The molecule has 0 fully saturated rings. The van der Waals surface area contributed by atoms with Crippen LogP contribution in [0, 0.1) is 0 Å². The van der Waals surface area contributed by atoms with Crippen LogP contribution in [0.1, 0.15) is 0 Å². The Balaban J connectivity index is 0.00000133. The predicted octanol–water partition coefficient (Wildman–Crippen LogP) is -5.10. The van der Waals surface area contributed by atoms with Crippen molar-refractivity contribution in [1.82, 2.24) is 14.1 Å². The summed E-state index contributed by atoms with van der Waals surface area (Å²) in [6, 6.07) is 1.52. The average Bonchev–Trinajstić information content (AvgIpc) is 2.56. The second kappa shape index (κ2) is 4.80. The smallest absolute Gasteiger partial charge is 0.548 e. The van der Waals surface area contributed by atoms with Crippen molar-refractivity contribution in [2.75, 3.05) is 5.32 Å². The normalized spacial score (nSPS) is 12.9. The molecule has 2 aromatic heterocycles. The maximum atomic E-state index is 12.0. The van der Waals surface area contributed by atoms with E-state index in [0.717, 1.165) is 4.57 Å². The van der Waals surface area contributed by atoms with Crippen LogP contribution < -0.4 is 45.7 Å². The first-order valence-corrected chi connectivity index (χ1v) is 5.15. The Morgan fingerprint density at radius 2 is 2.21 bits per heavy atom. The zero-order chi connectivity index (χ0) is 12.9. The van der Waals surface area contributed by atoms with E-state index in [2.05, 4.69) is 10.3 Å². The van der Waals surface area contributed by atoms with Crippen molar-refractivity contribution in [3.05, 3.63) is 22.7 Å². The molecule has 0 aromatic carbocycles. The number of aromatic nitrogens is 3. The number of carbonyl (C=O) groups excluding carboxylic acids is 2. The summed E-state index contributed by atoms with van der Waals surface area (Å²) in [5, 5.41) is 13.2. The molecule has 3 rings (SSSR count). The summed E-state index contributed by atoms with van der Waals surface area (Å²) >= 11 is 0. The molecule has 1 aliphatic heterocycles. The topological polar surface area (TPSA) is 109 Å². The largest absolute Gasteiger partial charge is 1.00 e. The van der Waals surface area contributed by atoms with Crippen LogP contribution in [0.3, 0.4) is 0 Å². The molecule has 19 heavy (non-hydrogen) atoms. The van der Waals surface area contributed by atoms with Crippen LogP contribution in [-0.2, 0) is 22.7 Å². The van der Waals surface area contributed by atoms with Gasteiger partial charge in [-0.25, -0.2) is 9.78 Å². The Morgan fingerprint density at radius 1 is 1.47 bits per heavy atom. The van der Waals surface area contributed by atoms with Gasteiger partial charge in [0.2, 0.25) is 5.91 Å². The molecule has 0 aliphatic carbocycles. The number of pyridine rings is 1. The van der Waals surface area contributed by atoms with E-state index in [1.165, 1.54) is 16.8 Å².